The molecule has 1 atom stereocenters. The molecule has 1 N–H and O–H groups in total. The van der Waals surface area contributed by atoms with E-state index >= 15 is 0 Å². The minimum Gasteiger partial charge on any atom is -0.391 e. The predicted molar refractivity (Wildman–Crippen MR) is 75.0 cm³/mol. The fourth-order valence-corrected chi connectivity index (χ4v) is 2.44. The molecule has 98 valence electrons. The lowest BCUT2D eigenvalue weighted by Gasteiger charge is -2.15. The Kier molecular flexibility index (Phi) is 3.17. The molecule has 1 aromatic heterocycles. The number of nitrogens with zero attached hydrogens (tertiary/aromatic N) is 3. The first-order valence-corrected chi connectivity index (χ1v) is 6.55. The lowest BCUT2D eigenvalue weighted by molar-refractivity contribution is 0.198. The fraction of sp³-hybridized carbons (Fsp3) is 0.333. The molecule has 0 aliphatic carbocycles. The zero-order valence-electron chi connectivity index (χ0n) is 11.0. The quantitative estimate of drug-likeness (QED) is 0.892. The highest BCUT2D eigenvalue weighted by Crippen LogP contribution is 2.23. The summed E-state index contributed by atoms with van der Waals surface area (Å²) in [5, 5.41) is 9.53. The van der Waals surface area contributed by atoms with E-state index in [1.54, 1.807) is 0 Å². The Balaban J connectivity index is 1.85. The summed E-state index contributed by atoms with van der Waals surface area (Å²) in [6.45, 7) is 3.54. The summed E-state index contributed by atoms with van der Waals surface area (Å²) in [5.41, 5.74) is 3.41. The number of anilines is 1. The average molecular weight is 255 g/mol. The maximum atomic E-state index is 9.53. The van der Waals surface area contributed by atoms with Crippen molar-refractivity contribution in [2.24, 2.45) is 0 Å². The molecule has 2 aromatic rings. The minimum atomic E-state index is -0.250. The zero-order valence-corrected chi connectivity index (χ0v) is 11.0. The SMILES string of the molecule is Cc1ccccc1-c1cnc(N2CCC(O)C2)nc1. The molecule has 19 heavy (non-hydrogen) atoms. The maximum absolute atomic E-state index is 9.53. The molecule has 0 spiro atoms. The lowest BCUT2D eigenvalue weighted by Crippen LogP contribution is -2.23. The Morgan fingerprint density at radius 3 is 2.58 bits per heavy atom. The van der Waals surface area contributed by atoms with Gasteiger partial charge in [0.1, 0.15) is 0 Å². The van der Waals surface area contributed by atoms with Crippen molar-refractivity contribution in [1.82, 2.24) is 9.97 Å². The Bertz CT molecular complexity index is 568. The smallest absolute Gasteiger partial charge is 0.225 e. The number of rotatable bonds is 2. The van der Waals surface area contributed by atoms with Crippen molar-refractivity contribution in [3.05, 3.63) is 42.2 Å². The van der Waals surface area contributed by atoms with Gasteiger partial charge < -0.3 is 10.0 Å². The molecule has 1 unspecified atom stereocenters. The normalized spacial score (nSPS) is 18.8. The number of hydrogen-bond donors (Lipinski definition) is 1. The van der Waals surface area contributed by atoms with E-state index in [1.165, 1.54) is 5.56 Å². The van der Waals surface area contributed by atoms with Gasteiger partial charge in [-0.3, -0.25) is 0 Å². The number of aryl methyl sites for hydroxylation is 1. The van der Waals surface area contributed by atoms with Gasteiger partial charge in [-0.25, -0.2) is 9.97 Å². The van der Waals surface area contributed by atoms with Crippen LogP contribution in [-0.2, 0) is 0 Å². The fourth-order valence-electron chi connectivity index (χ4n) is 2.44. The number of benzene rings is 1. The van der Waals surface area contributed by atoms with Crippen LogP contribution in [-0.4, -0.2) is 34.3 Å². The van der Waals surface area contributed by atoms with Gasteiger partial charge in [0.2, 0.25) is 5.95 Å². The summed E-state index contributed by atoms with van der Waals surface area (Å²) in [5.74, 6) is 0.703. The Hall–Kier alpha value is -1.94. The second kappa shape index (κ2) is 4.97. The van der Waals surface area contributed by atoms with Gasteiger partial charge in [-0.15, -0.1) is 0 Å². The van der Waals surface area contributed by atoms with Crippen LogP contribution in [0.2, 0.25) is 0 Å². The van der Waals surface area contributed by atoms with E-state index in [9.17, 15) is 5.11 Å². The molecule has 0 bridgehead atoms. The molecule has 4 heteroatoms. The minimum absolute atomic E-state index is 0.250. The third-order valence-electron chi connectivity index (χ3n) is 3.54. The maximum Gasteiger partial charge on any atom is 0.225 e. The Morgan fingerprint density at radius 2 is 1.95 bits per heavy atom. The summed E-state index contributed by atoms with van der Waals surface area (Å²) in [4.78, 5) is 10.9. The van der Waals surface area contributed by atoms with Crippen LogP contribution in [0.15, 0.2) is 36.7 Å². The van der Waals surface area contributed by atoms with E-state index in [0.717, 1.165) is 24.1 Å². The highest BCUT2D eigenvalue weighted by Gasteiger charge is 2.22. The zero-order chi connectivity index (χ0) is 13.2. The Labute approximate surface area is 112 Å². The van der Waals surface area contributed by atoms with E-state index in [4.69, 9.17) is 0 Å². The van der Waals surface area contributed by atoms with Crippen molar-refractivity contribution in [3.63, 3.8) is 0 Å². The van der Waals surface area contributed by atoms with Gasteiger partial charge in [-0.05, 0) is 24.5 Å². The van der Waals surface area contributed by atoms with E-state index < -0.39 is 0 Å². The third kappa shape index (κ3) is 2.44. The lowest BCUT2D eigenvalue weighted by atomic mass is 10.0. The summed E-state index contributed by atoms with van der Waals surface area (Å²) >= 11 is 0. The van der Waals surface area contributed by atoms with Crippen LogP contribution in [0, 0.1) is 6.92 Å². The van der Waals surface area contributed by atoms with E-state index in [1.807, 2.05) is 29.4 Å². The summed E-state index contributed by atoms with van der Waals surface area (Å²) < 4.78 is 0. The molecular weight excluding hydrogens is 238 g/mol. The first-order chi connectivity index (χ1) is 9.24. The van der Waals surface area contributed by atoms with Gasteiger partial charge in [0.05, 0.1) is 6.10 Å². The first kappa shape index (κ1) is 12.1. The standard InChI is InChI=1S/C15H17N3O/c1-11-4-2-3-5-14(11)12-8-16-15(17-9-12)18-7-6-13(19)10-18/h2-5,8-9,13,19H,6-7,10H2,1H3. The highest BCUT2D eigenvalue weighted by molar-refractivity contribution is 5.65. The van der Waals surface area contributed by atoms with Crippen LogP contribution in [0.1, 0.15) is 12.0 Å². The second-order valence-electron chi connectivity index (χ2n) is 4.98. The van der Waals surface area contributed by atoms with Gasteiger partial charge >= 0.3 is 0 Å². The molecule has 0 radical (unpaired) electrons. The number of aliphatic hydroxyl groups is 1. The van der Waals surface area contributed by atoms with Crippen molar-refractivity contribution in [1.29, 1.82) is 0 Å². The summed E-state index contributed by atoms with van der Waals surface area (Å²) in [6.07, 6.45) is 4.26. The number of aliphatic hydroxyl groups excluding tert-OH is 1. The Morgan fingerprint density at radius 1 is 1.21 bits per heavy atom. The summed E-state index contributed by atoms with van der Waals surface area (Å²) in [6, 6.07) is 8.21. The molecule has 1 saturated heterocycles. The molecule has 4 nitrogen and oxygen atoms in total. The van der Waals surface area contributed by atoms with Crippen molar-refractivity contribution in [2.75, 3.05) is 18.0 Å². The monoisotopic (exact) mass is 255 g/mol. The molecule has 3 rings (SSSR count). The second-order valence-corrected chi connectivity index (χ2v) is 4.98. The highest BCUT2D eigenvalue weighted by atomic mass is 16.3. The topological polar surface area (TPSA) is 49.2 Å². The van der Waals surface area contributed by atoms with Crippen molar-refractivity contribution in [3.8, 4) is 11.1 Å². The molecule has 1 fully saturated rings. The predicted octanol–water partition coefficient (Wildman–Crippen LogP) is 2.02. The van der Waals surface area contributed by atoms with E-state index in [-0.39, 0.29) is 6.10 Å². The van der Waals surface area contributed by atoms with Crippen LogP contribution in [0.4, 0.5) is 5.95 Å². The van der Waals surface area contributed by atoms with E-state index in [0.29, 0.717) is 12.5 Å². The number of aromatic nitrogens is 2. The van der Waals surface area contributed by atoms with Gasteiger partial charge in [-0.2, -0.15) is 0 Å². The van der Waals surface area contributed by atoms with Crippen LogP contribution >= 0.6 is 0 Å². The largest absolute Gasteiger partial charge is 0.391 e. The molecule has 1 aliphatic heterocycles. The molecule has 1 aromatic carbocycles. The number of β-amino-alcohol motifs (C(OH)–C–C–N with tert-alkyl or cyclic N) is 1. The van der Waals surface area contributed by atoms with E-state index in [2.05, 4.69) is 29.0 Å². The van der Waals surface area contributed by atoms with Crippen LogP contribution in [0.3, 0.4) is 0 Å². The average Bonchev–Trinajstić information content (AvgIpc) is 2.86. The van der Waals surface area contributed by atoms with Crippen molar-refractivity contribution < 1.29 is 5.11 Å². The molecule has 0 saturated carbocycles. The van der Waals surface area contributed by atoms with Crippen LogP contribution < -0.4 is 4.90 Å². The van der Waals surface area contributed by atoms with Crippen LogP contribution in [0.25, 0.3) is 11.1 Å². The van der Waals surface area contributed by atoms with Gasteiger partial charge in [0.25, 0.3) is 0 Å². The van der Waals surface area contributed by atoms with Gasteiger partial charge in [-0.1, -0.05) is 24.3 Å². The first-order valence-electron chi connectivity index (χ1n) is 6.55. The van der Waals surface area contributed by atoms with Gasteiger partial charge in [0, 0.05) is 31.0 Å². The van der Waals surface area contributed by atoms with Crippen molar-refractivity contribution in [2.45, 2.75) is 19.4 Å². The molecular formula is C15H17N3O. The third-order valence-corrected chi connectivity index (χ3v) is 3.54. The summed E-state index contributed by atoms with van der Waals surface area (Å²) in [7, 11) is 0. The number of hydrogen-bond acceptors (Lipinski definition) is 4. The van der Waals surface area contributed by atoms with Crippen LogP contribution in [0.5, 0.6) is 0 Å². The van der Waals surface area contributed by atoms with Gasteiger partial charge in [0.15, 0.2) is 0 Å². The molecule has 2 heterocycles. The molecule has 0 amide bonds. The van der Waals surface area contributed by atoms with Crippen molar-refractivity contribution >= 4 is 5.95 Å². The molecule has 1 aliphatic rings.